The van der Waals surface area contributed by atoms with Crippen LogP contribution in [0, 0.1) is 12.8 Å². The lowest BCUT2D eigenvalue weighted by Gasteiger charge is -2.24. The third-order valence-electron chi connectivity index (χ3n) is 6.49. The fourth-order valence-electron chi connectivity index (χ4n) is 4.56. The topological polar surface area (TPSA) is 119 Å². The molecule has 2 aromatic heterocycles. The first-order chi connectivity index (χ1) is 16.2. The minimum absolute atomic E-state index is 0.0321. The fourth-order valence-corrected chi connectivity index (χ4v) is 4.56. The molecule has 3 aromatic rings. The van der Waals surface area contributed by atoms with Crippen LogP contribution in [0.25, 0.3) is 22.4 Å². The first-order valence-corrected chi connectivity index (χ1v) is 11.6. The Morgan fingerprint density at radius 1 is 1.29 bits per heavy atom. The average Bonchev–Trinajstić information content (AvgIpc) is 3.15. The van der Waals surface area contributed by atoms with Crippen molar-refractivity contribution in [2.75, 3.05) is 13.2 Å². The van der Waals surface area contributed by atoms with Gasteiger partial charge >= 0.3 is 5.97 Å². The van der Waals surface area contributed by atoms with Crippen LogP contribution in [0.15, 0.2) is 35.3 Å². The van der Waals surface area contributed by atoms with E-state index in [0.717, 1.165) is 60.6 Å². The number of nitrogens with one attached hydrogen (secondary N) is 1. The van der Waals surface area contributed by atoms with Crippen molar-refractivity contribution in [1.82, 2.24) is 19.4 Å². The number of carboxylic acids is 1. The van der Waals surface area contributed by atoms with E-state index in [1.54, 1.807) is 11.6 Å². The summed E-state index contributed by atoms with van der Waals surface area (Å²) >= 11 is 0. The first kappa shape index (κ1) is 24.1. The van der Waals surface area contributed by atoms with Gasteiger partial charge in [-0.15, -0.1) is 0 Å². The molecule has 0 saturated carbocycles. The Morgan fingerprint density at radius 3 is 2.68 bits per heavy atom. The number of aliphatic carboxylic acids is 1. The number of fused-ring (bicyclic) bond motifs is 1. The van der Waals surface area contributed by atoms with Gasteiger partial charge < -0.3 is 24.1 Å². The van der Waals surface area contributed by atoms with E-state index in [2.05, 4.69) is 9.88 Å². The van der Waals surface area contributed by atoms with E-state index in [1.165, 1.54) is 6.92 Å². The number of hydrogen-bond donors (Lipinski definition) is 3. The maximum Gasteiger partial charge on any atom is 0.323 e. The number of pyridine rings is 1. The number of hydrogen-bond acceptors (Lipinski definition) is 6. The van der Waals surface area contributed by atoms with Crippen molar-refractivity contribution in [1.29, 1.82) is 0 Å². The van der Waals surface area contributed by atoms with Crippen molar-refractivity contribution in [2.24, 2.45) is 13.0 Å². The van der Waals surface area contributed by atoms with Crippen molar-refractivity contribution >= 4 is 17.0 Å². The third kappa shape index (κ3) is 5.06. The van der Waals surface area contributed by atoms with Gasteiger partial charge in [-0.3, -0.25) is 14.9 Å². The molecule has 1 aliphatic heterocycles. The number of carbonyl (C=O) groups is 1. The second kappa shape index (κ2) is 10.1. The Kier molecular flexibility index (Phi) is 7.16. The van der Waals surface area contributed by atoms with Crippen molar-refractivity contribution in [3.8, 4) is 11.4 Å². The molecule has 34 heavy (non-hydrogen) atoms. The lowest BCUT2D eigenvalue weighted by Crippen LogP contribution is -2.44. The highest BCUT2D eigenvalue weighted by Crippen LogP contribution is 2.29. The van der Waals surface area contributed by atoms with Gasteiger partial charge in [-0.05, 0) is 56.4 Å². The van der Waals surface area contributed by atoms with Gasteiger partial charge in [-0.1, -0.05) is 6.07 Å². The number of nitrogens with zero attached hydrogens (tertiary/aromatic N) is 3. The number of benzene rings is 1. The van der Waals surface area contributed by atoms with Crippen molar-refractivity contribution in [2.45, 2.75) is 51.9 Å². The molecule has 182 valence electrons. The molecule has 1 saturated heterocycles. The van der Waals surface area contributed by atoms with E-state index in [1.807, 2.05) is 37.4 Å². The first-order valence-electron chi connectivity index (χ1n) is 11.6. The highest BCUT2D eigenvalue weighted by atomic mass is 16.5. The highest BCUT2D eigenvalue weighted by molar-refractivity contribution is 5.81. The second-order valence-corrected chi connectivity index (χ2v) is 9.19. The summed E-state index contributed by atoms with van der Waals surface area (Å²) in [5.74, 6) is 0.164. The summed E-state index contributed by atoms with van der Waals surface area (Å²) in [7, 11) is 1.75. The normalized spacial score (nSPS) is 16.6. The quantitative estimate of drug-likeness (QED) is 0.463. The van der Waals surface area contributed by atoms with Crippen molar-refractivity contribution in [3.05, 3.63) is 51.9 Å². The van der Waals surface area contributed by atoms with Crippen LogP contribution in [0.5, 0.6) is 0 Å². The maximum absolute atomic E-state index is 12.2. The largest absolute Gasteiger partial charge is 0.480 e. The standard InChI is InChI=1S/C25H32N4O5/c1-15-10-19(14-28(3)24(15)31)23-27-20-5-4-18(12-26-22(16(2)30)25(32)33)11-21(20)29(23)13-17-6-8-34-9-7-17/h4-5,10-11,14,16-17,22,26,30H,6-9,12-13H2,1-3H3,(H,32,33)/t16-,22+/m1/s1. The molecular formula is C25H32N4O5. The molecule has 9 nitrogen and oxygen atoms in total. The molecule has 0 amide bonds. The Bertz CT molecular complexity index is 1210. The molecule has 4 rings (SSSR count). The number of aliphatic hydroxyl groups is 1. The Morgan fingerprint density at radius 2 is 2.03 bits per heavy atom. The van der Waals surface area contributed by atoms with Gasteiger partial charge in [0.05, 0.1) is 17.1 Å². The predicted octanol–water partition coefficient (Wildman–Crippen LogP) is 2.06. The van der Waals surface area contributed by atoms with E-state index in [4.69, 9.17) is 9.72 Å². The molecule has 1 fully saturated rings. The Hall–Kier alpha value is -3.01. The number of carboxylic acid groups (broad SMARTS) is 1. The summed E-state index contributed by atoms with van der Waals surface area (Å²) in [6, 6.07) is 6.70. The molecule has 0 spiro atoms. The number of ether oxygens (including phenoxy) is 1. The van der Waals surface area contributed by atoms with E-state index < -0.39 is 18.1 Å². The van der Waals surface area contributed by atoms with Crippen LogP contribution in [-0.4, -0.2) is 55.7 Å². The zero-order valence-electron chi connectivity index (χ0n) is 19.8. The molecule has 0 bridgehead atoms. The molecule has 2 atom stereocenters. The summed E-state index contributed by atoms with van der Waals surface area (Å²) < 4.78 is 9.33. The Balaban J connectivity index is 1.75. The summed E-state index contributed by atoms with van der Waals surface area (Å²) in [6.07, 6.45) is 2.75. The monoisotopic (exact) mass is 468 g/mol. The van der Waals surface area contributed by atoms with Crippen molar-refractivity contribution < 1.29 is 19.7 Å². The van der Waals surface area contributed by atoms with E-state index in [9.17, 15) is 19.8 Å². The second-order valence-electron chi connectivity index (χ2n) is 9.19. The summed E-state index contributed by atoms with van der Waals surface area (Å²) in [5.41, 5.74) is 4.19. The molecule has 3 N–H and O–H groups in total. The molecule has 0 radical (unpaired) electrons. The molecule has 1 aromatic carbocycles. The van der Waals surface area contributed by atoms with Gasteiger partial charge in [0.1, 0.15) is 11.9 Å². The minimum atomic E-state index is -1.09. The zero-order chi connectivity index (χ0) is 24.4. The van der Waals surface area contributed by atoms with Gasteiger partial charge in [0.2, 0.25) is 0 Å². The van der Waals surface area contributed by atoms with Crippen LogP contribution in [0.3, 0.4) is 0 Å². The van der Waals surface area contributed by atoms with Crippen LogP contribution in [0.2, 0.25) is 0 Å². The van der Waals surface area contributed by atoms with Crippen LogP contribution in [0.1, 0.15) is 30.9 Å². The maximum atomic E-state index is 12.2. The van der Waals surface area contributed by atoms with Crippen molar-refractivity contribution in [3.63, 3.8) is 0 Å². The zero-order valence-corrected chi connectivity index (χ0v) is 19.8. The van der Waals surface area contributed by atoms with Crippen LogP contribution in [-0.2, 0) is 29.7 Å². The molecular weight excluding hydrogens is 436 g/mol. The number of aliphatic hydroxyl groups excluding tert-OH is 1. The van der Waals surface area contributed by atoms with Gasteiger partial charge in [0.25, 0.3) is 5.56 Å². The third-order valence-corrected chi connectivity index (χ3v) is 6.49. The van der Waals surface area contributed by atoms with E-state index >= 15 is 0 Å². The van der Waals surface area contributed by atoms with Crippen LogP contribution < -0.4 is 10.9 Å². The smallest absolute Gasteiger partial charge is 0.323 e. The molecule has 0 aliphatic carbocycles. The van der Waals surface area contributed by atoms with Gasteiger partial charge in [0, 0.05) is 50.7 Å². The number of aryl methyl sites for hydroxylation is 2. The molecule has 9 heteroatoms. The van der Waals surface area contributed by atoms with Crippen LogP contribution in [0.4, 0.5) is 0 Å². The SMILES string of the molecule is Cc1cc(-c2nc3ccc(CN[C@H](C(=O)O)[C@@H](C)O)cc3n2CC2CCOCC2)cn(C)c1=O. The molecule has 1 aliphatic rings. The number of aromatic nitrogens is 3. The Labute approximate surface area is 198 Å². The van der Waals surface area contributed by atoms with Gasteiger partial charge in [-0.25, -0.2) is 4.98 Å². The van der Waals surface area contributed by atoms with E-state index in [0.29, 0.717) is 18.0 Å². The summed E-state index contributed by atoms with van der Waals surface area (Å²) in [6.45, 7) is 5.84. The minimum Gasteiger partial charge on any atom is -0.480 e. The number of imidazole rings is 1. The summed E-state index contributed by atoms with van der Waals surface area (Å²) in [4.78, 5) is 28.6. The van der Waals surface area contributed by atoms with Crippen LogP contribution >= 0.6 is 0 Å². The summed E-state index contributed by atoms with van der Waals surface area (Å²) in [5, 5.41) is 22.0. The number of rotatable bonds is 8. The highest BCUT2D eigenvalue weighted by Gasteiger charge is 2.23. The lowest BCUT2D eigenvalue weighted by atomic mass is 10.00. The van der Waals surface area contributed by atoms with Gasteiger partial charge in [0.15, 0.2) is 0 Å². The lowest BCUT2D eigenvalue weighted by molar-refractivity contribution is -0.142. The average molecular weight is 469 g/mol. The molecule has 3 heterocycles. The predicted molar refractivity (Wildman–Crippen MR) is 129 cm³/mol. The van der Waals surface area contributed by atoms with E-state index in [-0.39, 0.29) is 5.56 Å². The molecule has 0 unspecified atom stereocenters. The van der Waals surface area contributed by atoms with Gasteiger partial charge in [-0.2, -0.15) is 0 Å². The fraction of sp³-hybridized carbons (Fsp3) is 0.480.